The molecule has 2 aromatic rings. The Balaban J connectivity index is 2.06. The molecule has 1 atom stereocenters. The molecule has 0 saturated carbocycles. The Morgan fingerprint density at radius 1 is 1.32 bits per heavy atom. The van der Waals surface area contributed by atoms with E-state index in [0.717, 1.165) is 35.7 Å². The highest BCUT2D eigenvalue weighted by Crippen LogP contribution is 2.25. The summed E-state index contributed by atoms with van der Waals surface area (Å²) in [5, 5.41) is 0. The fourth-order valence-electron chi connectivity index (χ4n) is 2.56. The SMILES string of the molecule is COc1ccc(-c2cc(=O)n3c(n2)CC[C@@H]3C)cc1. The maximum atomic E-state index is 12.1. The molecule has 0 aliphatic carbocycles. The number of ether oxygens (including phenoxy) is 1. The lowest BCUT2D eigenvalue weighted by atomic mass is 10.1. The van der Waals surface area contributed by atoms with Gasteiger partial charge in [-0.05, 0) is 37.6 Å². The molecule has 3 rings (SSSR count). The molecular formula is C15H16N2O2. The topological polar surface area (TPSA) is 44.1 Å². The predicted octanol–water partition coefficient (Wildman–Crippen LogP) is 2.43. The molecule has 19 heavy (non-hydrogen) atoms. The summed E-state index contributed by atoms with van der Waals surface area (Å²) in [6, 6.07) is 9.49. The Morgan fingerprint density at radius 2 is 2.05 bits per heavy atom. The van der Waals surface area contributed by atoms with Gasteiger partial charge in [0.25, 0.3) is 5.56 Å². The minimum absolute atomic E-state index is 0.0424. The van der Waals surface area contributed by atoms with E-state index in [1.165, 1.54) is 0 Å². The fraction of sp³-hybridized carbons (Fsp3) is 0.333. The summed E-state index contributed by atoms with van der Waals surface area (Å²) in [6.45, 7) is 2.06. The van der Waals surface area contributed by atoms with Gasteiger partial charge in [0.1, 0.15) is 11.6 Å². The van der Waals surface area contributed by atoms with Gasteiger partial charge in [0.2, 0.25) is 0 Å². The quantitative estimate of drug-likeness (QED) is 0.829. The zero-order valence-electron chi connectivity index (χ0n) is 11.1. The van der Waals surface area contributed by atoms with E-state index < -0.39 is 0 Å². The molecule has 4 nitrogen and oxygen atoms in total. The van der Waals surface area contributed by atoms with E-state index in [4.69, 9.17) is 4.74 Å². The van der Waals surface area contributed by atoms with Gasteiger partial charge in [-0.25, -0.2) is 4.98 Å². The van der Waals surface area contributed by atoms with Gasteiger partial charge in [-0.2, -0.15) is 0 Å². The maximum absolute atomic E-state index is 12.1. The third-order valence-electron chi connectivity index (χ3n) is 3.64. The highest BCUT2D eigenvalue weighted by atomic mass is 16.5. The number of benzene rings is 1. The number of hydrogen-bond donors (Lipinski definition) is 0. The second-order valence-electron chi connectivity index (χ2n) is 4.88. The van der Waals surface area contributed by atoms with E-state index in [0.29, 0.717) is 0 Å². The molecule has 0 fully saturated rings. The van der Waals surface area contributed by atoms with E-state index in [1.807, 2.05) is 24.3 Å². The van der Waals surface area contributed by atoms with Crippen molar-refractivity contribution >= 4 is 0 Å². The summed E-state index contributed by atoms with van der Waals surface area (Å²) in [5.41, 5.74) is 1.73. The van der Waals surface area contributed by atoms with Crippen LogP contribution in [0.1, 0.15) is 25.2 Å². The van der Waals surface area contributed by atoms with E-state index in [-0.39, 0.29) is 11.6 Å². The summed E-state index contributed by atoms with van der Waals surface area (Å²) in [5.74, 6) is 1.70. The summed E-state index contributed by atoms with van der Waals surface area (Å²) in [6.07, 6.45) is 1.87. The summed E-state index contributed by atoms with van der Waals surface area (Å²) in [4.78, 5) is 16.7. The van der Waals surface area contributed by atoms with Gasteiger partial charge in [-0.3, -0.25) is 9.36 Å². The van der Waals surface area contributed by atoms with Crippen molar-refractivity contribution in [1.29, 1.82) is 0 Å². The van der Waals surface area contributed by atoms with Crippen LogP contribution < -0.4 is 10.3 Å². The van der Waals surface area contributed by atoms with Crippen molar-refractivity contribution in [3.8, 4) is 17.0 Å². The predicted molar refractivity (Wildman–Crippen MR) is 73.5 cm³/mol. The van der Waals surface area contributed by atoms with Crippen LogP contribution in [0.3, 0.4) is 0 Å². The summed E-state index contributed by atoms with van der Waals surface area (Å²) < 4.78 is 6.93. The van der Waals surface area contributed by atoms with Crippen molar-refractivity contribution in [3.63, 3.8) is 0 Å². The Labute approximate surface area is 111 Å². The molecule has 1 aliphatic heterocycles. The van der Waals surface area contributed by atoms with Crippen LogP contribution in [0, 0.1) is 0 Å². The number of fused-ring (bicyclic) bond motifs is 1. The lowest BCUT2D eigenvalue weighted by Gasteiger charge is -2.09. The monoisotopic (exact) mass is 256 g/mol. The first-order valence-corrected chi connectivity index (χ1v) is 6.46. The van der Waals surface area contributed by atoms with Crippen molar-refractivity contribution in [2.75, 3.05) is 7.11 Å². The molecule has 1 aliphatic rings. The molecular weight excluding hydrogens is 240 g/mol. The van der Waals surface area contributed by atoms with Gasteiger partial charge in [0, 0.05) is 24.1 Å². The molecule has 0 N–H and O–H groups in total. The molecule has 1 aromatic carbocycles. The third-order valence-corrected chi connectivity index (χ3v) is 3.64. The van der Waals surface area contributed by atoms with E-state index in [2.05, 4.69) is 11.9 Å². The normalized spacial score (nSPS) is 17.3. The van der Waals surface area contributed by atoms with Gasteiger partial charge in [0.15, 0.2) is 0 Å². The Morgan fingerprint density at radius 3 is 2.74 bits per heavy atom. The second kappa shape index (κ2) is 4.53. The van der Waals surface area contributed by atoms with E-state index in [9.17, 15) is 4.79 Å². The molecule has 1 aromatic heterocycles. The highest BCUT2D eigenvalue weighted by molar-refractivity contribution is 5.59. The number of nitrogens with zero attached hydrogens (tertiary/aromatic N) is 2. The van der Waals surface area contributed by atoms with Gasteiger partial charge >= 0.3 is 0 Å². The zero-order chi connectivity index (χ0) is 13.4. The summed E-state index contributed by atoms with van der Waals surface area (Å²) in [7, 11) is 1.64. The van der Waals surface area contributed by atoms with Gasteiger partial charge in [0.05, 0.1) is 12.8 Å². The third kappa shape index (κ3) is 2.03. The lowest BCUT2D eigenvalue weighted by Crippen LogP contribution is -2.22. The first-order chi connectivity index (χ1) is 9.19. The van der Waals surface area contributed by atoms with E-state index >= 15 is 0 Å². The minimum atomic E-state index is 0.0424. The van der Waals surface area contributed by atoms with Crippen molar-refractivity contribution in [2.24, 2.45) is 0 Å². The number of aryl methyl sites for hydroxylation is 1. The van der Waals surface area contributed by atoms with Crippen LogP contribution in [0.15, 0.2) is 35.1 Å². The van der Waals surface area contributed by atoms with Crippen LogP contribution in [0.25, 0.3) is 11.3 Å². The number of methoxy groups -OCH3 is 1. The molecule has 0 radical (unpaired) electrons. The van der Waals surface area contributed by atoms with Gasteiger partial charge in [-0.1, -0.05) is 0 Å². The molecule has 0 saturated heterocycles. The molecule has 4 heteroatoms. The highest BCUT2D eigenvalue weighted by Gasteiger charge is 2.21. The van der Waals surface area contributed by atoms with Crippen LogP contribution in [0.4, 0.5) is 0 Å². The Kier molecular flexibility index (Phi) is 2.85. The lowest BCUT2D eigenvalue weighted by molar-refractivity contribution is 0.415. The first-order valence-electron chi connectivity index (χ1n) is 6.46. The van der Waals surface area contributed by atoms with Crippen LogP contribution in [-0.4, -0.2) is 16.7 Å². The number of rotatable bonds is 2. The van der Waals surface area contributed by atoms with Crippen molar-refractivity contribution in [1.82, 2.24) is 9.55 Å². The minimum Gasteiger partial charge on any atom is -0.497 e. The van der Waals surface area contributed by atoms with Crippen molar-refractivity contribution < 1.29 is 4.74 Å². The van der Waals surface area contributed by atoms with Gasteiger partial charge < -0.3 is 4.74 Å². The summed E-state index contributed by atoms with van der Waals surface area (Å²) >= 11 is 0. The molecule has 0 amide bonds. The smallest absolute Gasteiger partial charge is 0.254 e. The number of hydrogen-bond acceptors (Lipinski definition) is 3. The van der Waals surface area contributed by atoms with Crippen LogP contribution in [0.5, 0.6) is 5.75 Å². The number of aromatic nitrogens is 2. The largest absolute Gasteiger partial charge is 0.497 e. The zero-order valence-corrected chi connectivity index (χ0v) is 11.1. The first kappa shape index (κ1) is 12.0. The Hall–Kier alpha value is -2.10. The second-order valence-corrected chi connectivity index (χ2v) is 4.88. The van der Waals surface area contributed by atoms with E-state index in [1.54, 1.807) is 17.7 Å². The molecule has 0 unspecified atom stereocenters. The Bertz CT molecular complexity index is 659. The average Bonchev–Trinajstić information content (AvgIpc) is 2.81. The van der Waals surface area contributed by atoms with Crippen LogP contribution in [0.2, 0.25) is 0 Å². The van der Waals surface area contributed by atoms with Crippen molar-refractivity contribution in [3.05, 3.63) is 46.5 Å². The van der Waals surface area contributed by atoms with Crippen molar-refractivity contribution in [2.45, 2.75) is 25.8 Å². The van der Waals surface area contributed by atoms with Gasteiger partial charge in [-0.15, -0.1) is 0 Å². The maximum Gasteiger partial charge on any atom is 0.254 e. The molecule has 2 heterocycles. The molecule has 0 bridgehead atoms. The van der Waals surface area contributed by atoms with Crippen LogP contribution in [-0.2, 0) is 6.42 Å². The molecule has 0 spiro atoms. The molecule has 98 valence electrons. The standard InChI is InChI=1S/C15H16N2O2/c1-10-3-8-14-16-13(9-15(18)17(10)14)11-4-6-12(19-2)7-5-11/h4-7,9-10H,3,8H2,1-2H3/t10-/m0/s1. The fourth-order valence-corrected chi connectivity index (χ4v) is 2.56. The average molecular weight is 256 g/mol. The van der Waals surface area contributed by atoms with Crippen LogP contribution >= 0.6 is 0 Å².